The molecule has 0 bridgehead atoms. The Morgan fingerprint density at radius 2 is 1.39 bits per heavy atom. The molecule has 0 spiro atoms. The number of anilines is 2. The predicted octanol–water partition coefficient (Wildman–Crippen LogP) is 7.08. The normalized spacial score (nSPS) is 19.7. The fourth-order valence-electron chi connectivity index (χ4n) is 6.46. The molecule has 1 saturated heterocycles. The summed E-state index contributed by atoms with van der Waals surface area (Å²) in [5, 5.41) is 2.59. The van der Waals surface area contributed by atoms with Crippen LogP contribution in [0.4, 0.5) is 20.2 Å². The Labute approximate surface area is 209 Å². The van der Waals surface area contributed by atoms with E-state index in [1.165, 1.54) is 40.0 Å². The summed E-state index contributed by atoms with van der Waals surface area (Å²) in [7, 11) is 0. The van der Waals surface area contributed by atoms with Crippen LogP contribution >= 0.6 is 0 Å². The van der Waals surface area contributed by atoms with Crippen LogP contribution in [0, 0.1) is 11.6 Å². The second-order valence-corrected chi connectivity index (χ2v) is 10.00. The van der Waals surface area contributed by atoms with Crippen LogP contribution in [-0.4, -0.2) is 35.1 Å². The van der Waals surface area contributed by atoms with Crippen molar-refractivity contribution in [2.45, 2.75) is 24.9 Å². The highest BCUT2D eigenvalue weighted by Gasteiger charge is 2.42. The molecule has 36 heavy (non-hydrogen) atoms. The van der Waals surface area contributed by atoms with Gasteiger partial charge in [0.1, 0.15) is 11.6 Å². The van der Waals surface area contributed by atoms with E-state index in [4.69, 9.17) is 0 Å². The monoisotopic (exact) mass is 479 g/mol. The van der Waals surface area contributed by atoms with Crippen molar-refractivity contribution in [2.75, 3.05) is 24.5 Å². The minimum absolute atomic E-state index is 0.198. The highest BCUT2D eigenvalue weighted by molar-refractivity contribution is 6.07. The lowest BCUT2D eigenvalue weighted by molar-refractivity contribution is 0.191. The standard InChI is InChI=1S/C31H27F2N3/c32-21-9-12-23(13-10-21)36-30-14-11-22(33)19-26(30)27-20-34(16-15-31(27)36)17-18-35-28-7-3-1-5-24(28)25-6-2-4-8-29(25)35/h1-14,19,27,31H,15-18,20H2/t27-,31+/m1/s1. The van der Waals surface area contributed by atoms with Crippen LogP contribution in [0.2, 0.25) is 0 Å². The Bertz CT molecular complexity index is 1520. The molecule has 2 atom stereocenters. The molecular formula is C31H27F2N3. The molecule has 5 heteroatoms. The first-order chi connectivity index (χ1) is 17.7. The molecule has 3 nitrogen and oxygen atoms in total. The van der Waals surface area contributed by atoms with E-state index in [1.54, 1.807) is 6.07 Å². The summed E-state index contributed by atoms with van der Waals surface area (Å²) < 4.78 is 30.4. The topological polar surface area (TPSA) is 11.4 Å². The molecule has 2 aliphatic rings. The summed E-state index contributed by atoms with van der Waals surface area (Å²) in [6.45, 7) is 3.71. The van der Waals surface area contributed by atoms with Crippen molar-refractivity contribution in [3.63, 3.8) is 0 Å². The maximum Gasteiger partial charge on any atom is 0.123 e. The van der Waals surface area contributed by atoms with Gasteiger partial charge in [-0.3, -0.25) is 0 Å². The second kappa shape index (κ2) is 8.45. The fourth-order valence-corrected chi connectivity index (χ4v) is 6.46. The van der Waals surface area contributed by atoms with Gasteiger partial charge in [0, 0.05) is 71.3 Å². The van der Waals surface area contributed by atoms with Crippen molar-refractivity contribution in [2.24, 2.45) is 0 Å². The number of piperidine rings is 1. The van der Waals surface area contributed by atoms with Gasteiger partial charge in [0.15, 0.2) is 0 Å². The summed E-state index contributed by atoms with van der Waals surface area (Å²) >= 11 is 0. The second-order valence-electron chi connectivity index (χ2n) is 10.00. The molecule has 1 fully saturated rings. The van der Waals surface area contributed by atoms with Gasteiger partial charge in [-0.15, -0.1) is 0 Å². The van der Waals surface area contributed by atoms with Crippen molar-refractivity contribution >= 4 is 33.2 Å². The third-order valence-corrected chi connectivity index (χ3v) is 8.07. The summed E-state index contributed by atoms with van der Waals surface area (Å²) in [4.78, 5) is 4.82. The first kappa shape index (κ1) is 21.6. The zero-order valence-electron chi connectivity index (χ0n) is 19.9. The summed E-state index contributed by atoms with van der Waals surface area (Å²) in [6, 6.07) is 29.3. The zero-order valence-corrected chi connectivity index (χ0v) is 19.9. The van der Waals surface area contributed by atoms with Crippen molar-refractivity contribution in [3.8, 4) is 0 Å². The first-order valence-corrected chi connectivity index (χ1v) is 12.7. The summed E-state index contributed by atoms with van der Waals surface area (Å²) in [6.07, 6.45) is 0.978. The Morgan fingerprint density at radius 1 is 0.722 bits per heavy atom. The van der Waals surface area contributed by atoms with Crippen LogP contribution < -0.4 is 4.90 Å². The van der Waals surface area contributed by atoms with Crippen LogP contribution in [0.3, 0.4) is 0 Å². The highest BCUT2D eigenvalue weighted by Crippen LogP contribution is 2.48. The van der Waals surface area contributed by atoms with Crippen molar-refractivity contribution in [1.82, 2.24) is 9.47 Å². The lowest BCUT2D eigenvalue weighted by Gasteiger charge is -2.39. The third kappa shape index (κ3) is 3.41. The van der Waals surface area contributed by atoms with E-state index >= 15 is 0 Å². The number of nitrogens with zero attached hydrogens (tertiary/aromatic N) is 3. The molecule has 3 heterocycles. The number of hydrogen-bond acceptors (Lipinski definition) is 2. The summed E-state index contributed by atoms with van der Waals surface area (Å²) in [5.41, 5.74) is 5.61. The number of halogens is 2. The number of likely N-dealkylation sites (tertiary alicyclic amines) is 1. The average Bonchev–Trinajstić information content (AvgIpc) is 3.40. The number of para-hydroxylation sites is 2. The number of hydrogen-bond donors (Lipinski definition) is 0. The summed E-state index contributed by atoms with van der Waals surface area (Å²) in [5.74, 6) is -0.225. The van der Waals surface area contributed by atoms with Crippen LogP contribution in [0.5, 0.6) is 0 Å². The molecule has 2 aliphatic heterocycles. The van der Waals surface area contributed by atoms with Gasteiger partial charge in [0.2, 0.25) is 0 Å². The number of benzene rings is 4. The molecule has 1 aromatic heterocycles. The Hall–Kier alpha value is -3.70. The lowest BCUT2D eigenvalue weighted by atomic mass is 9.89. The van der Waals surface area contributed by atoms with E-state index in [0.717, 1.165) is 49.5 Å². The molecule has 0 saturated carbocycles. The maximum atomic E-state index is 14.3. The van der Waals surface area contributed by atoms with Crippen molar-refractivity contribution in [1.29, 1.82) is 0 Å². The van der Waals surface area contributed by atoms with Crippen LogP contribution in [-0.2, 0) is 6.54 Å². The first-order valence-electron chi connectivity index (χ1n) is 12.7. The van der Waals surface area contributed by atoms with Crippen LogP contribution in [0.25, 0.3) is 21.8 Å². The van der Waals surface area contributed by atoms with Gasteiger partial charge in [-0.1, -0.05) is 36.4 Å². The van der Waals surface area contributed by atoms with Crippen molar-refractivity contribution < 1.29 is 8.78 Å². The molecular weight excluding hydrogens is 452 g/mol. The molecule has 5 aromatic rings. The number of rotatable bonds is 4. The third-order valence-electron chi connectivity index (χ3n) is 8.07. The van der Waals surface area contributed by atoms with Gasteiger partial charge in [-0.05, 0) is 66.6 Å². The fraction of sp³-hybridized carbons (Fsp3) is 0.226. The largest absolute Gasteiger partial charge is 0.339 e. The molecule has 0 N–H and O–H groups in total. The molecule has 180 valence electrons. The van der Waals surface area contributed by atoms with Gasteiger partial charge in [0.25, 0.3) is 0 Å². The number of aromatic nitrogens is 1. The molecule has 7 rings (SSSR count). The van der Waals surface area contributed by atoms with Crippen LogP contribution in [0.15, 0.2) is 91.0 Å². The van der Waals surface area contributed by atoms with Crippen molar-refractivity contribution in [3.05, 3.63) is 108 Å². The average molecular weight is 480 g/mol. The smallest absolute Gasteiger partial charge is 0.123 e. The zero-order chi connectivity index (χ0) is 24.2. The van der Waals surface area contributed by atoms with E-state index < -0.39 is 0 Å². The minimum atomic E-state index is -0.242. The van der Waals surface area contributed by atoms with Gasteiger partial charge >= 0.3 is 0 Å². The molecule has 0 unspecified atom stereocenters. The Balaban J connectivity index is 1.18. The van der Waals surface area contributed by atoms with E-state index in [2.05, 4.69) is 62.9 Å². The highest BCUT2D eigenvalue weighted by atomic mass is 19.1. The molecule has 0 amide bonds. The minimum Gasteiger partial charge on any atom is -0.339 e. The molecule has 0 radical (unpaired) electrons. The van der Waals surface area contributed by atoms with Gasteiger partial charge in [-0.25, -0.2) is 8.78 Å². The van der Waals surface area contributed by atoms with E-state index in [1.807, 2.05) is 18.2 Å². The number of fused-ring (bicyclic) bond motifs is 6. The Morgan fingerprint density at radius 3 is 2.11 bits per heavy atom. The molecule has 0 aliphatic carbocycles. The quantitative estimate of drug-likeness (QED) is 0.273. The lowest BCUT2D eigenvalue weighted by Crippen LogP contribution is -2.45. The Kier molecular flexibility index (Phi) is 5.07. The van der Waals surface area contributed by atoms with Crippen LogP contribution in [0.1, 0.15) is 17.9 Å². The SMILES string of the molecule is Fc1ccc(N2c3ccc(F)cc3[C@H]3CN(CCn4c5ccccc5c5ccccc54)CC[C@@H]32)cc1. The van der Waals surface area contributed by atoms with E-state index in [9.17, 15) is 8.78 Å². The van der Waals surface area contributed by atoms with E-state index in [0.29, 0.717) is 0 Å². The van der Waals surface area contributed by atoms with Gasteiger partial charge < -0.3 is 14.4 Å². The van der Waals surface area contributed by atoms with Gasteiger partial charge in [-0.2, -0.15) is 0 Å². The predicted molar refractivity (Wildman–Crippen MR) is 142 cm³/mol. The van der Waals surface area contributed by atoms with E-state index in [-0.39, 0.29) is 23.6 Å². The van der Waals surface area contributed by atoms with Gasteiger partial charge in [0.05, 0.1) is 0 Å². The molecule has 4 aromatic carbocycles. The maximum absolute atomic E-state index is 14.3.